The molecule has 0 saturated heterocycles. The first-order valence-corrected chi connectivity index (χ1v) is 7.18. The first-order valence-electron chi connectivity index (χ1n) is 7.18. The zero-order valence-electron chi connectivity index (χ0n) is 12.3. The number of benzene rings is 2. The van der Waals surface area contributed by atoms with Crippen LogP contribution in [0.4, 0.5) is 0 Å². The summed E-state index contributed by atoms with van der Waals surface area (Å²) in [4.78, 5) is 0. The first-order chi connectivity index (χ1) is 9.70. The lowest BCUT2D eigenvalue weighted by atomic mass is 10.1. The van der Waals surface area contributed by atoms with Crippen molar-refractivity contribution >= 4 is 0 Å². The highest BCUT2D eigenvalue weighted by atomic mass is 16.5. The Hall–Kier alpha value is -1.80. The van der Waals surface area contributed by atoms with Crippen molar-refractivity contribution in [1.82, 2.24) is 5.32 Å². The Kier molecular flexibility index (Phi) is 3.49. The molecule has 2 heteroatoms. The number of fused-ring (bicyclic) bond motifs is 1. The molecule has 0 radical (unpaired) electrons. The van der Waals surface area contributed by atoms with Gasteiger partial charge in [-0.2, -0.15) is 0 Å². The van der Waals surface area contributed by atoms with E-state index in [1.54, 1.807) is 0 Å². The summed E-state index contributed by atoms with van der Waals surface area (Å²) in [5.41, 5.74) is 5.27. The minimum atomic E-state index is 0.165. The summed E-state index contributed by atoms with van der Waals surface area (Å²) in [6.07, 6.45) is 1.13. The lowest BCUT2D eigenvalue weighted by Gasteiger charge is -2.23. The second-order valence-corrected chi connectivity index (χ2v) is 5.52. The molecule has 0 amide bonds. The fourth-order valence-corrected chi connectivity index (χ4v) is 3.02. The van der Waals surface area contributed by atoms with Crippen molar-refractivity contribution < 1.29 is 4.74 Å². The molecule has 0 bridgehead atoms. The van der Waals surface area contributed by atoms with Crippen LogP contribution in [0.1, 0.15) is 28.3 Å². The molecule has 0 aliphatic heterocycles. The van der Waals surface area contributed by atoms with Gasteiger partial charge in [0, 0.05) is 6.42 Å². The third-order valence-corrected chi connectivity index (χ3v) is 4.33. The summed E-state index contributed by atoms with van der Waals surface area (Å²) in [6, 6.07) is 15.1. The Morgan fingerprint density at radius 3 is 2.65 bits per heavy atom. The molecule has 3 rings (SSSR count). The SMILES string of the molecule is CNC1c2ccccc2CC1Oc1cccc(C)c1C. The number of aryl methyl sites for hydroxylation is 1. The van der Waals surface area contributed by atoms with E-state index in [0.717, 1.165) is 12.2 Å². The van der Waals surface area contributed by atoms with Gasteiger partial charge in [0.25, 0.3) is 0 Å². The van der Waals surface area contributed by atoms with E-state index < -0.39 is 0 Å². The molecule has 0 spiro atoms. The van der Waals surface area contributed by atoms with Crippen molar-refractivity contribution in [3.05, 3.63) is 64.7 Å². The van der Waals surface area contributed by atoms with Crippen LogP contribution in [0.5, 0.6) is 5.75 Å². The number of hydrogen-bond acceptors (Lipinski definition) is 2. The standard InChI is InChI=1S/C18H21NO/c1-12-7-6-10-16(13(12)2)20-17-11-14-8-4-5-9-15(14)18(17)19-3/h4-10,17-19H,11H2,1-3H3. The van der Waals surface area contributed by atoms with E-state index >= 15 is 0 Å². The second-order valence-electron chi connectivity index (χ2n) is 5.52. The predicted molar refractivity (Wildman–Crippen MR) is 82.3 cm³/mol. The van der Waals surface area contributed by atoms with Crippen LogP contribution in [0, 0.1) is 13.8 Å². The largest absolute Gasteiger partial charge is 0.488 e. The highest BCUT2D eigenvalue weighted by Crippen LogP contribution is 2.34. The molecule has 2 aromatic rings. The van der Waals surface area contributed by atoms with E-state index in [9.17, 15) is 0 Å². The summed E-state index contributed by atoms with van der Waals surface area (Å²) < 4.78 is 6.31. The highest BCUT2D eigenvalue weighted by molar-refractivity contribution is 5.41. The Balaban J connectivity index is 1.87. The van der Waals surface area contributed by atoms with Gasteiger partial charge < -0.3 is 10.1 Å². The normalized spacial score (nSPS) is 20.8. The molecule has 1 N–H and O–H groups in total. The van der Waals surface area contributed by atoms with Crippen molar-refractivity contribution in [2.75, 3.05) is 7.05 Å². The van der Waals surface area contributed by atoms with Crippen molar-refractivity contribution in [1.29, 1.82) is 0 Å². The minimum Gasteiger partial charge on any atom is -0.488 e. The molecule has 2 unspecified atom stereocenters. The monoisotopic (exact) mass is 267 g/mol. The van der Waals surface area contributed by atoms with Gasteiger partial charge in [0.1, 0.15) is 11.9 Å². The number of hydrogen-bond donors (Lipinski definition) is 1. The molecule has 1 aliphatic rings. The summed E-state index contributed by atoms with van der Waals surface area (Å²) in [7, 11) is 2.01. The maximum atomic E-state index is 6.31. The van der Waals surface area contributed by atoms with Gasteiger partial charge in [-0.15, -0.1) is 0 Å². The van der Waals surface area contributed by atoms with Gasteiger partial charge in [0.05, 0.1) is 6.04 Å². The third-order valence-electron chi connectivity index (χ3n) is 4.33. The van der Waals surface area contributed by atoms with Crippen molar-refractivity contribution in [2.45, 2.75) is 32.4 Å². The Morgan fingerprint density at radius 2 is 1.85 bits per heavy atom. The Bertz CT molecular complexity index is 621. The highest BCUT2D eigenvalue weighted by Gasteiger charge is 2.32. The summed E-state index contributed by atoms with van der Waals surface area (Å²) in [5.74, 6) is 1.00. The van der Waals surface area contributed by atoms with Crippen LogP contribution in [0.2, 0.25) is 0 Å². The van der Waals surface area contributed by atoms with Gasteiger partial charge in [-0.25, -0.2) is 0 Å². The van der Waals surface area contributed by atoms with Crippen LogP contribution >= 0.6 is 0 Å². The van der Waals surface area contributed by atoms with E-state index in [-0.39, 0.29) is 12.1 Å². The van der Waals surface area contributed by atoms with Crippen LogP contribution in [-0.4, -0.2) is 13.2 Å². The van der Waals surface area contributed by atoms with Gasteiger partial charge in [0.15, 0.2) is 0 Å². The third kappa shape index (κ3) is 2.20. The molecule has 20 heavy (non-hydrogen) atoms. The average molecular weight is 267 g/mol. The number of ether oxygens (including phenoxy) is 1. The first kappa shape index (κ1) is 13.2. The lowest BCUT2D eigenvalue weighted by molar-refractivity contribution is 0.170. The molecular formula is C18H21NO. The van der Waals surface area contributed by atoms with Crippen LogP contribution in [0.15, 0.2) is 42.5 Å². The van der Waals surface area contributed by atoms with Crippen molar-refractivity contribution in [3.63, 3.8) is 0 Å². The average Bonchev–Trinajstić information content (AvgIpc) is 2.81. The second kappa shape index (κ2) is 5.29. The number of likely N-dealkylation sites (N-methyl/N-ethyl adjacent to an activating group) is 1. The summed E-state index contributed by atoms with van der Waals surface area (Å²) in [5, 5.41) is 3.40. The van der Waals surface area contributed by atoms with E-state index in [4.69, 9.17) is 4.74 Å². The van der Waals surface area contributed by atoms with E-state index in [0.29, 0.717) is 0 Å². The zero-order chi connectivity index (χ0) is 14.1. The molecular weight excluding hydrogens is 246 g/mol. The maximum Gasteiger partial charge on any atom is 0.123 e. The molecule has 0 fully saturated rings. The molecule has 104 valence electrons. The number of nitrogens with one attached hydrogen (secondary N) is 1. The van der Waals surface area contributed by atoms with Gasteiger partial charge in [-0.05, 0) is 49.2 Å². The minimum absolute atomic E-state index is 0.165. The Labute approximate surface area is 120 Å². The summed E-state index contributed by atoms with van der Waals surface area (Å²) >= 11 is 0. The smallest absolute Gasteiger partial charge is 0.123 e. The van der Waals surface area contributed by atoms with Crippen LogP contribution in [0.25, 0.3) is 0 Å². The van der Waals surface area contributed by atoms with Crippen LogP contribution in [0.3, 0.4) is 0 Å². The van der Waals surface area contributed by atoms with E-state index in [2.05, 4.69) is 61.6 Å². The quantitative estimate of drug-likeness (QED) is 0.918. The molecule has 2 aromatic carbocycles. The van der Waals surface area contributed by atoms with E-state index in [1.807, 2.05) is 7.05 Å². The lowest BCUT2D eigenvalue weighted by Crippen LogP contribution is -2.30. The van der Waals surface area contributed by atoms with Gasteiger partial charge in [-0.1, -0.05) is 36.4 Å². The van der Waals surface area contributed by atoms with Crippen molar-refractivity contribution in [3.8, 4) is 5.75 Å². The predicted octanol–water partition coefficient (Wildman–Crippen LogP) is 3.57. The summed E-state index contributed by atoms with van der Waals surface area (Å²) in [6.45, 7) is 4.25. The molecule has 1 aliphatic carbocycles. The molecule has 2 nitrogen and oxygen atoms in total. The fourth-order valence-electron chi connectivity index (χ4n) is 3.02. The maximum absolute atomic E-state index is 6.31. The molecule has 0 aromatic heterocycles. The van der Waals surface area contributed by atoms with Gasteiger partial charge >= 0.3 is 0 Å². The number of rotatable bonds is 3. The van der Waals surface area contributed by atoms with Gasteiger partial charge in [0.2, 0.25) is 0 Å². The molecule has 2 atom stereocenters. The zero-order valence-corrected chi connectivity index (χ0v) is 12.3. The van der Waals surface area contributed by atoms with Crippen LogP contribution in [-0.2, 0) is 6.42 Å². The molecule has 0 heterocycles. The van der Waals surface area contributed by atoms with E-state index in [1.165, 1.54) is 22.3 Å². The van der Waals surface area contributed by atoms with Crippen LogP contribution < -0.4 is 10.1 Å². The fraction of sp³-hybridized carbons (Fsp3) is 0.333. The molecule has 0 saturated carbocycles. The Morgan fingerprint density at radius 1 is 1.05 bits per heavy atom. The van der Waals surface area contributed by atoms with Gasteiger partial charge in [-0.3, -0.25) is 0 Å². The van der Waals surface area contributed by atoms with Crippen molar-refractivity contribution in [2.24, 2.45) is 0 Å². The topological polar surface area (TPSA) is 21.3 Å².